The summed E-state index contributed by atoms with van der Waals surface area (Å²) >= 11 is 0. The zero-order valence-corrected chi connectivity index (χ0v) is 11.8. The van der Waals surface area contributed by atoms with Crippen LogP contribution >= 0.6 is 0 Å². The minimum absolute atomic E-state index is 0.655. The maximum atomic E-state index is 5.71. The normalized spacial score (nSPS) is 26.2. The standard InChI is InChI=1S/C16H22N2O2/c1-6-17-14(12-2-3-12)11-18(7-1)13-4-5-15-16(10-13)20-9-8-19-15/h4-5,10,12,14,17H,1-3,6-9,11H2. The number of hydrogen-bond donors (Lipinski definition) is 1. The van der Waals surface area contributed by atoms with Gasteiger partial charge in [0.1, 0.15) is 13.2 Å². The highest BCUT2D eigenvalue weighted by molar-refractivity contribution is 5.57. The first kappa shape index (κ1) is 12.3. The van der Waals surface area contributed by atoms with Crippen molar-refractivity contribution in [1.82, 2.24) is 5.32 Å². The van der Waals surface area contributed by atoms with Gasteiger partial charge in [-0.25, -0.2) is 0 Å². The van der Waals surface area contributed by atoms with E-state index in [1.165, 1.54) is 24.9 Å². The van der Waals surface area contributed by atoms with Crippen molar-refractivity contribution >= 4 is 5.69 Å². The van der Waals surface area contributed by atoms with Crippen LogP contribution in [0.4, 0.5) is 5.69 Å². The average molecular weight is 274 g/mol. The summed E-state index contributed by atoms with van der Waals surface area (Å²) in [5.74, 6) is 2.67. The number of hydrogen-bond acceptors (Lipinski definition) is 4. The Bertz CT molecular complexity index is 487. The Morgan fingerprint density at radius 2 is 1.95 bits per heavy atom. The molecule has 0 bridgehead atoms. The largest absolute Gasteiger partial charge is 0.486 e. The highest BCUT2D eigenvalue weighted by atomic mass is 16.6. The molecule has 0 radical (unpaired) electrons. The second kappa shape index (κ2) is 5.17. The molecule has 3 aliphatic rings. The van der Waals surface area contributed by atoms with Gasteiger partial charge in [-0.15, -0.1) is 0 Å². The highest BCUT2D eigenvalue weighted by Crippen LogP contribution is 2.37. The zero-order chi connectivity index (χ0) is 13.4. The van der Waals surface area contributed by atoms with Crippen LogP contribution in [0.3, 0.4) is 0 Å². The molecule has 0 spiro atoms. The maximum absolute atomic E-state index is 5.71. The molecule has 4 rings (SSSR count). The predicted octanol–water partition coefficient (Wildman–Crippen LogP) is 2.04. The Balaban J connectivity index is 1.55. The monoisotopic (exact) mass is 274 g/mol. The van der Waals surface area contributed by atoms with Gasteiger partial charge in [-0.2, -0.15) is 0 Å². The number of benzene rings is 1. The fourth-order valence-electron chi connectivity index (χ4n) is 3.23. The first-order chi connectivity index (χ1) is 9.90. The molecule has 0 aromatic heterocycles. The molecule has 1 saturated heterocycles. The van der Waals surface area contributed by atoms with E-state index in [1.807, 2.05) is 6.07 Å². The van der Waals surface area contributed by atoms with Gasteiger partial charge in [0.25, 0.3) is 0 Å². The molecule has 1 atom stereocenters. The molecular formula is C16H22N2O2. The SMILES string of the molecule is c1cc2c(cc1N1CCCNC(C3CC3)C1)OCCO2. The first-order valence-corrected chi connectivity index (χ1v) is 7.78. The quantitative estimate of drug-likeness (QED) is 0.895. The van der Waals surface area contributed by atoms with Crippen LogP contribution in [0.25, 0.3) is 0 Å². The Morgan fingerprint density at radius 3 is 2.80 bits per heavy atom. The summed E-state index contributed by atoms with van der Waals surface area (Å²) in [6, 6.07) is 7.02. The van der Waals surface area contributed by atoms with E-state index < -0.39 is 0 Å². The molecule has 1 N–H and O–H groups in total. The van der Waals surface area contributed by atoms with E-state index in [1.54, 1.807) is 0 Å². The van der Waals surface area contributed by atoms with Gasteiger partial charge >= 0.3 is 0 Å². The smallest absolute Gasteiger partial charge is 0.163 e. The molecule has 2 heterocycles. The molecule has 1 aromatic carbocycles. The summed E-state index contributed by atoms with van der Waals surface area (Å²) in [5.41, 5.74) is 1.27. The third-order valence-electron chi connectivity index (χ3n) is 4.51. The number of nitrogens with zero attached hydrogens (tertiary/aromatic N) is 1. The lowest BCUT2D eigenvalue weighted by molar-refractivity contribution is 0.171. The summed E-state index contributed by atoms with van der Waals surface area (Å²) in [7, 11) is 0. The molecule has 0 amide bonds. The Kier molecular flexibility index (Phi) is 3.19. The van der Waals surface area contributed by atoms with Crippen LogP contribution in [0.1, 0.15) is 19.3 Å². The van der Waals surface area contributed by atoms with E-state index in [0.717, 1.165) is 37.1 Å². The molecule has 4 heteroatoms. The molecule has 1 aromatic rings. The molecule has 2 fully saturated rings. The zero-order valence-electron chi connectivity index (χ0n) is 11.8. The molecule has 4 nitrogen and oxygen atoms in total. The topological polar surface area (TPSA) is 33.7 Å². The second-order valence-electron chi connectivity index (χ2n) is 6.03. The third kappa shape index (κ3) is 2.44. The Hall–Kier alpha value is -1.42. The van der Waals surface area contributed by atoms with Gasteiger partial charge in [0.15, 0.2) is 11.5 Å². The van der Waals surface area contributed by atoms with E-state index in [2.05, 4.69) is 22.3 Å². The summed E-state index contributed by atoms with van der Waals surface area (Å²) in [6.07, 6.45) is 4.00. The Labute approximate surface area is 120 Å². The van der Waals surface area contributed by atoms with Crippen molar-refractivity contribution in [1.29, 1.82) is 0 Å². The Morgan fingerprint density at radius 1 is 1.10 bits per heavy atom. The molecular weight excluding hydrogens is 252 g/mol. The van der Waals surface area contributed by atoms with Crippen molar-refractivity contribution < 1.29 is 9.47 Å². The van der Waals surface area contributed by atoms with E-state index >= 15 is 0 Å². The van der Waals surface area contributed by atoms with Crippen LogP contribution in [0, 0.1) is 5.92 Å². The van der Waals surface area contributed by atoms with Gasteiger partial charge in [0, 0.05) is 30.9 Å². The van der Waals surface area contributed by atoms with Gasteiger partial charge in [0.2, 0.25) is 0 Å². The number of anilines is 1. The van der Waals surface area contributed by atoms with Gasteiger partial charge in [-0.1, -0.05) is 0 Å². The molecule has 20 heavy (non-hydrogen) atoms. The number of fused-ring (bicyclic) bond motifs is 1. The van der Waals surface area contributed by atoms with Gasteiger partial charge < -0.3 is 19.7 Å². The number of rotatable bonds is 2. The summed E-state index contributed by atoms with van der Waals surface area (Å²) in [6.45, 7) is 4.69. The number of ether oxygens (including phenoxy) is 2. The maximum Gasteiger partial charge on any atom is 0.163 e. The minimum atomic E-state index is 0.655. The van der Waals surface area contributed by atoms with Crippen molar-refractivity contribution in [3.63, 3.8) is 0 Å². The lowest BCUT2D eigenvalue weighted by Crippen LogP contribution is -2.39. The van der Waals surface area contributed by atoms with Gasteiger partial charge in [-0.05, 0) is 43.9 Å². The van der Waals surface area contributed by atoms with Crippen molar-refractivity contribution in [2.24, 2.45) is 5.92 Å². The number of nitrogens with one attached hydrogen (secondary N) is 1. The highest BCUT2D eigenvalue weighted by Gasteiger charge is 2.33. The second-order valence-corrected chi connectivity index (χ2v) is 6.03. The molecule has 1 unspecified atom stereocenters. The first-order valence-electron chi connectivity index (χ1n) is 7.78. The van der Waals surface area contributed by atoms with E-state index in [-0.39, 0.29) is 0 Å². The third-order valence-corrected chi connectivity index (χ3v) is 4.51. The van der Waals surface area contributed by atoms with E-state index in [0.29, 0.717) is 19.3 Å². The van der Waals surface area contributed by atoms with Crippen LogP contribution in [0.2, 0.25) is 0 Å². The molecule has 1 aliphatic carbocycles. The fourth-order valence-corrected chi connectivity index (χ4v) is 3.23. The van der Waals surface area contributed by atoms with Crippen molar-refractivity contribution in [3.05, 3.63) is 18.2 Å². The summed E-state index contributed by atoms with van der Waals surface area (Å²) in [4.78, 5) is 2.50. The minimum Gasteiger partial charge on any atom is -0.486 e. The predicted molar refractivity (Wildman–Crippen MR) is 78.8 cm³/mol. The summed E-state index contributed by atoms with van der Waals surface area (Å²) < 4.78 is 11.3. The lowest BCUT2D eigenvalue weighted by atomic mass is 10.1. The van der Waals surface area contributed by atoms with Crippen LogP contribution in [0.5, 0.6) is 11.5 Å². The van der Waals surface area contributed by atoms with Crippen molar-refractivity contribution in [2.45, 2.75) is 25.3 Å². The van der Waals surface area contributed by atoms with Crippen LogP contribution in [-0.4, -0.2) is 38.9 Å². The van der Waals surface area contributed by atoms with Crippen molar-refractivity contribution in [3.8, 4) is 11.5 Å². The van der Waals surface area contributed by atoms with E-state index in [4.69, 9.17) is 9.47 Å². The lowest BCUT2D eigenvalue weighted by Gasteiger charge is -2.28. The van der Waals surface area contributed by atoms with Gasteiger partial charge in [0.05, 0.1) is 0 Å². The van der Waals surface area contributed by atoms with E-state index in [9.17, 15) is 0 Å². The molecule has 108 valence electrons. The van der Waals surface area contributed by atoms with Crippen LogP contribution < -0.4 is 19.7 Å². The fraction of sp³-hybridized carbons (Fsp3) is 0.625. The van der Waals surface area contributed by atoms with Gasteiger partial charge in [-0.3, -0.25) is 0 Å². The summed E-state index contributed by atoms with van der Waals surface area (Å²) in [5, 5.41) is 3.71. The molecule has 2 aliphatic heterocycles. The van der Waals surface area contributed by atoms with Crippen LogP contribution in [0.15, 0.2) is 18.2 Å². The molecule has 1 saturated carbocycles. The average Bonchev–Trinajstić information content (AvgIpc) is 3.32. The van der Waals surface area contributed by atoms with Crippen LogP contribution in [-0.2, 0) is 0 Å². The van der Waals surface area contributed by atoms with Crippen molar-refractivity contribution in [2.75, 3.05) is 37.7 Å².